The number of benzene rings is 2. The summed E-state index contributed by atoms with van der Waals surface area (Å²) in [5, 5.41) is 29.5. The van der Waals surface area contributed by atoms with Gasteiger partial charge in [-0.2, -0.15) is 12.6 Å². The fourth-order valence-corrected chi connectivity index (χ4v) is 4.79. The van der Waals surface area contributed by atoms with Crippen LogP contribution in [0.15, 0.2) is 48.5 Å². The molecule has 5 atom stereocenters. The van der Waals surface area contributed by atoms with Crippen molar-refractivity contribution in [1.29, 1.82) is 0 Å². The molecule has 0 aliphatic rings. The predicted molar refractivity (Wildman–Crippen MR) is 177 cm³/mol. The van der Waals surface area contributed by atoms with Gasteiger partial charge in [0.2, 0.25) is 29.5 Å². The quantitative estimate of drug-likeness (QED) is 0.0695. The molecule has 256 valence electrons. The van der Waals surface area contributed by atoms with Gasteiger partial charge in [0.25, 0.3) is 0 Å². The zero-order chi connectivity index (χ0) is 35.1. The standard InChI is InChI=1S/C32H44N6O8S/c1-18(2)13-25(30(44)38-27(17-47)32(46)35-21(16-39)14-19-3-7-22(40)8-4-19)37-31(45)26(15-20-5-9-23(41)10-6-20)36-29(43)24(33)11-12-28(34)42/h3-10,16,18,21,24-27,40-41,47H,11-15,17,33H2,1-2H3,(H2,34,42)(H,35,46)(H,36,43)(H,37,45)(H,38,44). The number of phenolic OH excluding ortho intramolecular Hbond substituents is 2. The molecule has 0 saturated carbocycles. The number of primary amides is 1. The second-order valence-electron chi connectivity index (χ2n) is 11.6. The van der Waals surface area contributed by atoms with E-state index in [0.29, 0.717) is 17.4 Å². The number of hydrogen-bond donors (Lipinski definition) is 9. The van der Waals surface area contributed by atoms with E-state index in [1.807, 2.05) is 13.8 Å². The molecule has 0 aliphatic carbocycles. The van der Waals surface area contributed by atoms with E-state index in [0.717, 1.165) is 0 Å². The van der Waals surface area contributed by atoms with Gasteiger partial charge in [0.15, 0.2) is 0 Å². The topological polar surface area (TPSA) is 243 Å². The Morgan fingerprint density at radius 3 is 1.70 bits per heavy atom. The minimum atomic E-state index is -1.20. The zero-order valence-electron chi connectivity index (χ0n) is 26.3. The van der Waals surface area contributed by atoms with E-state index in [-0.39, 0.29) is 55.3 Å². The number of nitrogens with two attached hydrogens (primary N) is 2. The number of phenols is 2. The highest BCUT2D eigenvalue weighted by atomic mass is 32.1. The molecule has 0 radical (unpaired) electrons. The van der Waals surface area contributed by atoms with Gasteiger partial charge in [0.1, 0.15) is 35.9 Å². The number of aldehydes is 1. The van der Waals surface area contributed by atoms with Crippen LogP contribution in [0.25, 0.3) is 0 Å². The molecule has 0 bridgehead atoms. The van der Waals surface area contributed by atoms with Crippen LogP contribution in [0.4, 0.5) is 0 Å². The van der Waals surface area contributed by atoms with Crippen molar-refractivity contribution in [3.8, 4) is 11.5 Å². The van der Waals surface area contributed by atoms with Crippen molar-refractivity contribution in [3.63, 3.8) is 0 Å². The first-order valence-corrected chi connectivity index (χ1v) is 15.7. The molecule has 0 aliphatic heterocycles. The van der Waals surface area contributed by atoms with E-state index in [4.69, 9.17) is 11.5 Å². The van der Waals surface area contributed by atoms with Crippen LogP contribution in [0.5, 0.6) is 11.5 Å². The van der Waals surface area contributed by atoms with Crippen molar-refractivity contribution in [2.24, 2.45) is 17.4 Å². The van der Waals surface area contributed by atoms with Gasteiger partial charge in [-0.05, 0) is 60.6 Å². The molecule has 15 heteroatoms. The van der Waals surface area contributed by atoms with Crippen molar-refractivity contribution in [1.82, 2.24) is 21.3 Å². The molecular weight excluding hydrogens is 628 g/mol. The van der Waals surface area contributed by atoms with Crippen LogP contribution in [0.2, 0.25) is 0 Å². The number of amides is 5. The Morgan fingerprint density at radius 2 is 1.21 bits per heavy atom. The Morgan fingerprint density at radius 1 is 0.745 bits per heavy atom. The summed E-state index contributed by atoms with van der Waals surface area (Å²) in [7, 11) is 0. The summed E-state index contributed by atoms with van der Waals surface area (Å²) in [5.41, 5.74) is 12.3. The Labute approximate surface area is 278 Å². The normalized spacial score (nSPS) is 14.1. The molecule has 5 amide bonds. The number of rotatable bonds is 19. The lowest BCUT2D eigenvalue weighted by Gasteiger charge is -2.27. The fraction of sp³-hybridized carbons (Fsp3) is 0.438. The molecule has 0 spiro atoms. The Hall–Kier alpha value is -4.63. The smallest absolute Gasteiger partial charge is 0.244 e. The molecule has 0 saturated heterocycles. The van der Waals surface area contributed by atoms with Crippen LogP contribution < -0.4 is 32.7 Å². The highest BCUT2D eigenvalue weighted by molar-refractivity contribution is 7.80. The molecule has 0 aromatic heterocycles. The maximum absolute atomic E-state index is 13.6. The summed E-state index contributed by atoms with van der Waals surface area (Å²) in [6, 6.07) is 6.57. The molecule has 5 unspecified atom stereocenters. The average Bonchev–Trinajstić information content (AvgIpc) is 3.02. The second-order valence-corrected chi connectivity index (χ2v) is 12.0. The van der Waals surface area contributed by atoms with E-state index >= 15 is 0 Å². The van der Waals surface area contributed by atoms with E-state index in [1.54, 1.807) is 24.3 Å². The highest BCUT2D eigenvalue weighted by Gasteiger charge is 2.31. The van der Waals surface area contributed by atoms with Crippen LogP contribution in [0.1, 0.15) is 44.2 Å². The third kappa shape index (κ3) is 13.7. The average molecular weight is 673 g/mol. The largest absolute Gasteiger partial charge is 0.508 e. The summed E-state index contributed by atoms with van der Waals surface area (Å²) in [6.45, 7) is 3.67. The molecular formula is C32H44N6O8S. The van der Waals surface area contributed by atoms with Gasteiger partial charge in [-0.15, -0.1) is 0 Å². The van der Waals surface area contributed by atoms with Crippen molar-refractivity contribution in [2.75, 3.05) is 5.75 Å². The lowest BCUT2D eigenvalue weighted by atomic mass is 10.00. The lowest BCUT2D eigenvalue weighted by molar-refractivity contribution is -0.134. The summed E-state index contributed by atoms with van der Waals surface area (Å²) in [5.74, 6) is -3.55. The van der Waals surface area contributed by atoms with Gasteiger partial charge in [0, 0.05) is 18.6 Å². The molecule has 47 heavy (non-hydrogen) atoms. The van der Waals surface area contributed by atoms with Crippen LogP contribution in [0, 0.1) is 5.92 Å². The van der Waals surface area contributed by atoms with Gasteiger partial charge >= 0.3 is 0 Å². The predicted octanol–water partition coefficient (Wildman–Crippen LogP) is -0.410. The van der Waals surface area contributed by atoms with Crippen molar-refractivity contribution < 1.29 is 39.0 Å². The van der Waals surface area contributed by atoms with Gasteiger partial charge < -0.3 is 47.7 Å². The number of carbonyl (C=O) groups is 6. The number of thiol groups is 1. The summed E-state index contributed by atoms with van der Waals surface area (Å²) >= 11 is 4.20. The van der Waals surface area contributed by atoms with Crippen molar-refractivity contribution in [3.05, 3.63) is 59.7 Å². The van der Waals surface area contributed by atoms with Gasteiger partial charge in [-0.25, -0.2) is 0 Å². The van der Waals surface area contributed by atoms with Crippen LogP contribution in [0.3, 0.4) is 0 Å². The van der Waals surface area contributed by atoms with Crippen LogP contribution in [-0.2, 0) is 41.6 Å². The Balaban J connectivity index is 2.18. The van der Waals surface area contributed by atoms with Gasteiger partial charge in [-0.3, -0.25) is 24.0 Å². The number of hydrogen-bond acceptors (Lipinski definition) is 10. The van der Waals surface area contributed by atoms with Gasteiger partial charge in [0.05, 0.1) is 12.1 Å². The van der Waals surface area contributed by atoms with E-state index < -0.39 is 59.7 Å². The third-order valence-corrected chi connectivity index (χ3v) is 7.45. The molecule has 2 aromatic carbocycles. The van der Waals surface area contributed by atoms with Crippen LogP contribution in [-0.4, -0.2) is 82.0 Å². The first-order valence-electron chi connectivity index (χ1n) is 15.1. The summed E-state index contributed by atoms with van der Waals surface area (Å²) in [6.07, 6.45) is 0.687. The van der Waals surface area contributed by atoms with E-state index in [9.17, 15) is 39.0 Å². The Kier molecular flexibility index (Phi) is 15.7. The second kappa shape index (κ2) is 19.1. The summed E-state index contributed by atoms with van der Waals surface area (Å²) in [4.78, 5) is 75.8. The van der Waals surface area contributed by atoms with Crippen LogP contribution >= 0.6 is 12.6 Å². The Bertz CT molecular complexity index is 1370. The van der Waals surface area contributed by atoms with Crippen molar-refractivity contribution >= 4 is 48.5 Å². The SMILES string of the molecule is CC(C)CC(NC(=O)C(Cc1ccc(O)cc1)NC(=O)C(N)CCC(N)=O)C(=O)NC(CS)C(=O)NC(C=O)Cc1ccc(O)cc1. The zero-order valence-corrected chi connectivity index (χ0v) is 27.2. The van der Waals surface area contributed by atoms with E-state index in [1.165, 1.54) is 24.3 Å². The van der Waals surface area contributed by atoms with Crippen molar-refractivity contribution in [2.45, 2.75) is 76.2 Å². The maximum atomic E-state index is 13.6. The first kappa shape index (κ1) is 38.6. The molecule has 2 aromatic rings. The monoisotopic (exact) mass is 672 g/mol. The molecule has 10 N–H and O–H groups in total. The third-order valence-electron chi connectivity index (χ3n) is 7.09. The summed E-state index contributed by atoms with van der Waals surface area (Å²) < 4.78 is 0. The fourth-order valence-electron chi connectivity index (χ4n) is 4.53. The number of carbonyl (C=O) groups excluding carboxylic acids is 6. The maximum Gasteiger partial charge on any atom is 0.244 e. The van der Waals surface area contributed by atoms with Gasteiger partial charge in [-0.1, -0.05) is 38.1 Å². The minimum Gasteiger partial charge on any atom is -0.508 e. The number of aromatic hydroxyl groups is 2. The molecule has 2 rings (SSSR count). The first-order chi connectivity index (χ1) is 22.2. The molecule has 0 fully saturated rings. The highest BCUT2D eigenvalue weighted by Crippen LogP contribution is 2.14. The number of nitrogens with one attached hydrogen (secondary N) is 4. The van der Waals surface area contributed by atoms with E-state index in [2.05, 4.69) is 33.9 Å². The molecule has 0 heterocycles. The molecule has 14 nitrogen and oxygen atoms in total. The lowest BCUT2D eigenvalue weighted by Crippen LogP contribution is -2.59. The minimum absolute atomic E-state index is 0.00327.